The molecule has 2 aromatic carbocycles. The van der Waals surface area contributed by atoms with Crippen LogP contribution in [0.2, 0.25) is 5.02 Å². The van der Waals surface area contributed by atoms with Crippen molar-refractivity contribution >= 4 is 28.6 Å². The smallest absolute Gasteiger partial charge is 0.338 e. The number of nitrogens with one attached hydrogen (secondary N) is 1. The van der Waals surface area contributed by atoms with E-state index >= 15 is 0 Å². The number of nitrogens with zero attached hydrogens (tertiary/aromatic N) is 1. The summed E-state index contributed by atoms with van der Waals surface area (Å²) in [5, 5.41) is 0.673. The Morgan fingerprint density at radius 2 is 2.05 bits per heavy atom. The van der Waals surface area contributed by atoms with Crippen LogP contribution in [0.5, 0.6) is 0 Å². The van der Waals surface area contributed by atoms with Gasteiger partial charge in [-0.3, -0.25) is 0 Å². The predicted octanol–water partition coefficient (Wildman–Crippen LogP) is 4.23. The molecule has 0 unspecified atom stereocenters. The molecule has 0 aliphatic heterocycles. The van der Waals surface area contributed by atoms with Gasteiger partial charge in [-0.2, -0.15) is 0 Å². The fourth-order valence-electron chi connectivity index (χ4n) is 2.10. The molecule has 110 valence electrons. The van der Waals surface area contributed by atoms with Gasteiger partial charge in [0.2, 0.25) is 0 Å². The van der Waals surface area contributed by atoms with Crippen molar-refractivity contribution in [3.8, 4) is 11.4 Å². The molecule has 0 fully saturated rings. The average Bonchev–Trinajstić information content (AvgIpc) is 2.96. The maximum Gasteiger partial charge on any atom is 0.338 e. The number of aromatic nitrogens is 2. The first-order chi connectivity index (χ1) is 10.7. The molecule has 0 spiro atoms. The third-order valence-corrected chi connectivity index (χ3v) is 3.42. The summed E-state index contributed by atoms with van der Waals surface area (Å²) in [7, 11) is 0. The molecular formula is C17H13ClN2O2. The highest BCUT2D eigenvalue weighted by Crippen LogP contribution is 2.23. The summed E-state index contributed by atoms with van der Waals surface area (Å²) in [6.07, 6.45) is 1.53. The monoisotopic (exact) mass is 312 g/mol. The number of carbonyl (C=O) groups excluding carboxylic acids is 1. The minimum Gasteiger partial charge on any atom is -0.458 e. The number of halogens is 1. The van der Waals surface area contributed by atoms with Gasteiger partial charge in [-0.15, -0.1) is 0 Å². The minimum absolute atomic E-state index is 0.190. The number of ether oxygens (including phenoxy) is 1. The first-order valence-electron chi connectivity index (χ1n) is 6.71. The van der Waals surface area contributed by atoms with E-state index in [1.165, 1.54) is 6.08 Å². The quantitative estimate of drug-likeness (QED) is 0.579. The van der Waals surface area contributed by atoms with Gasteiger partial charge in [0.1, 0.15) is 12.4 Å². The normalized spacial score (nSPS) is 10.6. The Balaban J connectivity index is 1.94. The van der Waals surface area contributed by atoms with Gasteiger partial charge in [-0.1, -0.05) is 24.3 Å². The number of hydrogen-bond donors (Lipinski definition) is 1. The van der Waals surface area contributed by atoms with Crippen LogP contribution in [0.15, 0.2) is 55.1 Å². The van der Waals surface area contributed by atoms with Crippen LogP contribution in [0.4, 0.5) is 0 Å². The largest absolute Gasteiger partial charge is 0.458 e. The van der Waals surface area contributed by atoms with Crippen LogP contribution in [0.3, 0.4) is 0 Å². The van der Waals surface area contributed by atoms with Gasteiger partial charge in [-0.05, 0) is 42.5 Å². The molecule has 5 heteroatoms. The number of esters is 1. The van der Waals surface area contributed by atoms with Crippen LogP contribution in [0.25, 0.3) is 22.4 Å². The number of fused-ring (bicyclic) bond motifs is 1. The second-order valence-corrected chi connectivity index (χ2v) is 5.15. The van der Waals surface area contributed by atoms with Crippen LogP contribution < -0.4 is 0 Å². The SMILES string of the molecule is C=CCOC(=O)c1ccc2nc(-c3ccc(Cl)cc3)[nH]c2c1. The van der Waals surface area contributed by atoms with E-state index in [1.807, 2.05) is 24.3 Å². The first-order valence-corrected chi connectivity index (χ1v) is 7.09. The van der Waals surface area contributed by atoms with Crippen molar-refractivity contribution in [1.29, 1.82) is 0 Å². The summed E-state index contributed by atoms with van der Waals surface area (Å²) in [5.74, 6) is 0.340. The first kappa shape index (κ1) is 14.4. The highest BCUT2D eigenvalue weighted by molar-refractivity contribution is 6.30. The van der Waals surface area contributed by atoms with Gasteiger partial charge < -0.3 is 9.72 Å². The average molecular weight is 313 g/mol. The van der Waals surface area contributed by atoms with Gasteiger partial charge in [0.05, 0.1) is 16.6 Å². The van der Waals surface area contributed by atoms with Gasteiger partial charge in [0.25, 0.3) is 0 Å². The number of hydrogen-bond acceptors (Lipinski definition) is 3. The van der Waals surface area contributed by atoms with Crippen molar-refractivity contribution in [2.45, 2.75) is 0 Å². The maximum atomic E-state index is 11.8. The molecule has 3 aromatic rings. The lowest BCUT2D eigenvalue weighted by molar-refractivity contribution is 0.0550. The number of aromatic amines is 1. The van der Waals surface area contributed by atoms with Crippen LogP contribution in [-0.2, 0) is 4.74 Å². The van der Waals surface area contributed by atoms with E-state index in [0.717, 1.165) is 22.4 Å². The van der Waals surface area contributed by atoms with Gasteiger partial charge >= 0.3 is 5.97 Å². The molecule has 1 aromatic heterocycles. The predicted molar refractivity (Wildman–Crippen MR) is 87.0 cm³/mol. The minimum atomic E-state index is -0.385. The van der Waals surface area contributed by atoms with E-state index in [2.05, 4.69) is 16.5 Å². The van der Waals surface area contributed by atoms with Crippen molar-refractivity contribution < 1.29 is 9.53 Å². The molecule has 4 nitrogen and oxygen atoms in total. The molecule has 1 heterocycles. The van der Waals surface area contributed by atoms with E-state index in [1.54, 1.807) is 18.2 Å². The molecule has 0 atom stereocenters. The Labute approximate surface area is 132 Å². The molecular weight excluding hydrogens is 300 g/mol. The molecule has 3 rings (SSSR count). The van der Waals surface area contributed by atoms with Crippen molar-refractivity contribution in [2.24, 2.45) is 0 Å². The number of imidazole rings is 1. The van der Waals surface area contributed by atoms with Gasteiger partial charge in [0, 0.05) is 10.6 Å². The molecule has 22 heavy (non-hydrogen) atoms. The van der Waals surface area contributed by atoms with E-state index in [9.17, 15) is 4.79 Å². The Kier molecular flexibility index (Phi) is 3.94. The lowest BCUT2D eigenvalue weighted by Gasteiger charge is -2.01. The molecule has 0 radical (unpaired) electrons. The van der Waals surface area contributed by atoms with E-state index in [4.69, 9.17) is 16.3 Å². The zero-order valence-electron chi connectivity index (χ0n) is 11.7. The third-order valence-electron chi connectivity index (χ3n) is 3.17. The molecule has 1 N–H and O–H groups in total. The highest BCUT2D eigenvalue weighted by atomic mass is 35.5. The second kappa shape index (κ2) is 6.03. The summed E-state index contributed by atoms with van der Waals surface area (Å²) in [6, 6.07) is 12.6. The van der Waals surface area contributed by atoms with Crippen LogP contribution >= 0.6 is 11.6 Å². The van der Waals surface area contributed by atoms with Crippen LogP contribution in [0.1, 0.15) is 10.4 Å². The van der Waals surface area contributed by atoms with E-state index in [-0.39, 0.29) is 12.6 Å². The number of rotatable bonds is 4. The Morgan fingerprint density at radius 1 is 1.27 bits per heavy atom. The summed E-state index contributed by atoms with van der Waals surface area (Å²) in [5.41, 5.74) is 2.96. The van der Waals surface area contributed by atoms with Crippen molar-refractivity contribution in [1.82, 2.24) is 9.97 Å². The summed E-state index contributed by atoms with van der Waals surface area (Å²) < 4.78 is 5.02. The highest BCUT2D eigenvalue weighted by Gasteiger charge is 2.10. The molecule has 0 saturated heterocycles. The zero-order valence-corrected chi connectivity index (χ0v) is 12.4. The second-order valence-electron chi connectivity index (χ2n) is 4.71. The van der Waals surface area contributed by atoms with Crippen molar-refractivity contribution in [3.05, 3.63) is 65.7 Å². The summed E-state index contributed by atoms with van der Waals surface area (Å²) in [4.78, 5) is 19.6. The van der Waals surface area contributed by atoms with Gasteiger partial charge in [0.15, 0.2) is 0 Å². The molecule has 0 saturated carbocycles. The number of carbonyl (C=O) groups is 1. The topological polar surface area (TPSA) is 55.0 Å². The maximum absolute atomic E-state index is 11.8. The fraction of sp³-hybridized carbons (Fsp3) is 0.0588. The Hall–Kier alpha value is -2.59. The molecule has 0 aliphatic rings. The molecule has 0 bridgehead atoms. The Bertz CT molecular complexity index is 837. The number of H-pyrrole nitrogens is 1. The zero-order chi connectivity index (χ0) is 15.5. The summed E-state index contributed by atoms with van der Waals surface area (Å²) in [6.45, 7) is 3.71. The van der Waals surface area contributed by atoms with E-state index in [0.29, 0.717) is 10.6 Å². The molecule has 0 amide bonds. The lowest BCUT2D eigenvalue weighted by atomic mass is 10.2. The van der Waals surface area contributed by atoms with Gasteiger partial charge in [-0.25, -0.2) is 9.78 Å². The van der Waals surface area contributed by atoms with Crippen molar-refractivity contribution in [3.63, 3.8) is 0 Å². The Morgan fingerprint density at radius 3 is 2.77 bits per heavy atom. The van der Waals surface area contributed by atoms with Crippen molar-refractivity contribution in [2.75, 3.05) is 6.61 Å². The number of benzene rings is 2. The van der Waals surface area contributed by atoms with E-state index < -0.39 is 0 Å². The third kappa shape index (κ3) is 2.87. The molecule has 0 aliphatic carbocycles. The van der Waals surface area contributed by atoms with Crippen LogP contribution in [-0.4, -0.2) is 22.5 Å². The standard InChI is InChI=1S/C17H13ClN2O2/c1-2-9-22-17(21)12-5-8-14-15(10-12)20-16(19-14)11-3-6-13(18)7-4-11/h2-8,10H,1,9H2,(H,19,20). The fourth-order valence-corrected chi connectivity index (χ4v) is 2.23. The lowest BCUT2D eigenvalue weighted by Crippen LogP contribution is -2.04. The summed E-state index contributed by atoms with van der Waals surface area (Å²) >= 11 is 5.89. The van der Waals surface area contributed by atoms with Crippen LogP contribution in [0, 0.1) is 0 Å².